The summed E-state index contributed by atoms with van der Waals surface area (Å²) in [7, 11) is 0. The molecule has 0 amide bonds. The first-order valence-electron chi connectivity index (χ1n) is 6.36. The van der Waals surface area contributed by atoms with Gasteiger partial charge in [-0.05, 0) is 59.8 Å². The van der Waals surface area contributed by atoms with Crippen LogP contribution in [0.4, 0.5) is 5.69 Å². The number of hydrogen-bond donors (Lipinski definition) is 1. The number of nitrogens with two attached hydrogens (primary N) is 1. The van der Waals surface area contributed by atoms with E-state index < -0.39 is 0 Å². The number of benzene rings is 1. The van der Waals surface area contributed by atoms with Gasteiger partial charge in [0.1, 0.15) is 4.99 Å². The fourth-order valence-corrected chi connectivity index (χ4v) is 3.47. The average molecular weight is 327 g/mol. The number of halogens is 1. The van der Waals surface area contributed by atoms with Crippen LogP contribution in [0.15, 0.2) is 22.7 Å². The van der Waals surface area contributed by atoms with Crippen LogP contribution in [-0.2, 0) is 0 Å². The number of piperidine rings is 1. The topological polar surface area (TPSA) is 29.3 Å². The molecule has 18 heavy (non-hydrogen) atoms. The molecular formula is C14H19BrN2S. The molecule has 1 aliphatic rings. The quantitative estimate of drug-likeness (QED) is 0.840. The molecule has 0 radical (unpaired) electrons. The molecule has 2 nitrogen and oxygen atoms in total. The molecule has 1 heterocycles. The summed E-state index contributed by atoms with van der Waals surface area (Å²) < 4.78 is 0.984. The zero-order valence-corrected chi connectivity index (χ0v) is 13.2. The van der Waals surface area contributed by atoms with E-state index >= 15 is 0 Å². The van der Waals surface area contributed by atoms with E-state index in [0.29, 0.717) is 11.0 Å². The van der Waals surface area contributed by atoms with Gasteiger partial charge >= 0.3 is 0 Å². The van der Waals surface area contributed by atoms with Crippen molar-refractivity contribution >= 4 is 38.8 Å². The Labute approximate surface area is 123 Å². The van der Waals surface area contributed by atoms with Crippen molar-refractivity contribution < 1.29 is 0 Å². The first-order valence-corrected chi connectivity index (χ1v) is 7.57. The minimum atomic E-state index is 0.438. The van der Waals surface area contributed by atoms with Crippen molar-refractivity contribution in [1.82, 2.24) is 0 Å². The van der Waals surface area contributed by atoms with E-state index in [-0.39, 0.29) is 0 Å². The lowest BCUT2D eigenvalue weighted by molar-refractivity contribution is 0.363. The molecule has 1 fully saturated rings. The second-order valence-electron chi connectivity index (χ2n) is 5.08. The van der Waals surface area contributed by atoms with Gasteiger partial charge in [0.05, 0.1) is 0 Å². The van der Waals surface area contributed by atoms with Crippen molar-refractivity contribution in [2.24, 2.45) is 11.7 Å². The highest BCUT2D eigenvalue weighted by Gasteiger charge is 2.25. The summed E-state index contributed by atoms with van der Waals surface area (Å²) in [5.74, 6) is 0.743. The molecule has 1 aromatic carbocycles. The monoisotopic (exact) mass is 326 g/mol. The molecule has 2 atom stereocenters. The molecule has 1 aliphatic heterocycles. The Morgan fingerprint density at radius 2 is 2.17 bits per heavy atom. The summed E-state index contributed by atoms with van der Waals surface area (Å²) in [6, 6.07) is 6.84. The molecule has 0 spiro atoms. The summed E-state index contributed by atoms with van der Waals surface area (Å²) >= 11 is 8.58. The number of nitrogens with zero attached hydrogens (tertiary/aromatic N) is 1. The minimum Gasteiger partial charge on any atom is -0.389 e. The summed E-state index contributed by atoms with van der Waals surface area (Å²) in [6.45, 7) is 5.76. The lowest BCUT2D eigenvalue weighted by Gasteiger charge is -2.39. The van der Waals surface area contributed by atoms with Crippen molar-refractivity contribution in [2.75, 3.05) is 11.4 Å². The maximum Gasteiger partial charge on any atom is 0.105 e. The SMILES string of the molecule is CC1CCCN(c2ccc(C(N)=S)c(Br)c2)C1C. The molecule has 1 aromatic rings. The van der Waals surface area contributed by atoms with E-state index in [0.717, 1.165) is 22.5 Å². The van der Waals surface area contributed by atoms with Crippen LogP contribution in [0.1, 0.15) is 32.3 Å². The Morgan fingerprint density at radius 1 is 1.44 bits per heavy atom. The number of rotatable bonds is 2. The van der Waals surface area contributed by atoms with E-state index in [1.807, 2.05) is 6.07 Å². The molecule has 0 saturated carbocycles. The zero-order chi connectivity index (χ0) is 13.3. The summed E-state index contributed by atoms with van der Waals surface area (Å²) in [5.41, 5.74) is 7.84. The van der Waals surface area contributed by atoms with Crippen LogP contribution in [0.5, 0.6) is 0 Å². The van der Waals surface area contributed by atoms with E-state index in [4.69, 9.17) is 18.0 Å². The predicted molar refractivity (Wildman–Crippen MR) is 85.2 cm³/mol. The Hall–Kier alpha value is -0.610. The van der Waals surface area contributed by atoms with E-state index in [1.54, 1.807) is 0 Å². The smallest absolute Gasteiger partial charge is 0.105 e. The van der Waals surface area contributed by atoms with Gasteiger partial charge in [0.25, 0.3) is 0 Å². The molecular weight excluding hydrogens is 308 g/mol. The third-order valence-electron chi connectivity index (χ3n) is 3.92. The molecule has 2 unspecified atom stereocenters. The highest BCUT2D eigenvalue weighted by Crippen LogP contribution is 2.31. The first-order chi connectivity index (χ1) is 8.50. The highest BCUT2D eigenvalue weighted by molar-refractivity contribution is 9.10. The summed E-state index contributed by atoms with van der Waals surface area (Å²) in [6.07, 6.45) is 2.59. The average Bonchev–Trinajstić information content (AvgIpc) is 2.32. The lowest BCUT2D eigenvalue weighted by Crippen LogP contribution is -2.42. The van der Waals surface area contributed by atoms with Gasteiger partial charge in [-0.3, -0.25) is 0 Å². The third-order valence-corrected chi connectivity index (χ3v) is 4.80. The largest absolute Gasteiger partial charge is 0.389 e. The number of anilines is 1. The Morgan fingerprint density at radius 3 is 2.78 bits per heavy atom. The van der Waals surface area contributed by atoms with Crippen LogP contribution in [-0.4, -0.2) is 17.6 Å². The fourth-order valence-electron chi connectivity index (χ4n) is 2.58. The van der Waals surface area contributed by atoms with Crippen molar-refractivity contribution in [3.63, 3.8) is 0 Å². The van der Waals surface area contributed by atoms with Crippen LogP contribution in [0, 0.1) is 5.92 Å². The third kappa shape index (κ3) is 2.69. The van der Waals surface area contributed by atoms with Crippen LogP contribution in [0.3, 0.4) is 0 Å². The molecule has 0 bridgehead atoms. The van der Waals surface area contributed by atoms with Gasteiger partial charge in [-0.15, -0.1) is 0 Å². The molecule has 1 saturated heterocycles. The number of thiocarbonyl (C=S) groups is 1. The minimum absolute atomic E-state index is 0.438. The van der Waals surface area contributed by atoms with Crippen LogP contribution in [0.2, 0.25) is 0 Å². The van der Waals surface area contributed by atoms with Crippen molar-refractivity contribution in [2.45, 2.75) is 32.7 Å². The second-order valence-corrected chi connectivity index (χ2v) is 6.38. The van der Waals surface area contributed by atoms with Gasteiger partial charge < -0.3 is 10.6 Å². The Balaban J connectivity index is 2.28. The highest BCUT2D eigenvalue weighted by atomic mass is 79.9. The molecule has 2 rings (SSSR count). The van der Waals surface area contributed by atoms with Crippen LogP contribution < -0.4 is 10.6 Å². The maximum atomic E-state index is 5.68. The second kappa shape index (κ2) is 5.57. The normalized spacial score (nSPS) is 24.1. The molecule has 0 aliphatic carbocycles. The van der Waals surface area contributed by atoms with E-state index in [9.17, 15) is 0 Å². The van der Waals surface area contributed by atoms with Crippen molar-refractivity contribution in [3.05, 3.63) is 28.2 Å². The van der Waals surface area contributed by atoms with E-state index in [2.05, 4.69) is 46.8 Å². The molecule has 98 valence electrons. The van der Waals surface area contributed by atoms with Gasteiger partial charge in [-0.1, -0.05) is 19.1 Å². The van der Waals surface area contributed by atoms with Gasteiger partial charge in [0.15, 0.2) is 0 Å². The van der Waals surface area contributed by atoms with Gasteiger partial charge in [-0.2, -0.15) is 0 Å². The molecule has 4 heteroatoms. The summed E-state index contributed by atoms with van der Waals surface area (Å²) in [4.78, 5) is 2.91. The van der Waals surface area contributed by atoms with Gasteiger partial charge in [-0.25, -0.2) is 0 Å². The Kier molecular flexibility index (Phi) is 4.28. The van der Waals surface area contributed by atoms with Crippen LogP contribution in [0.25, 0.3) is 0 Å². The van der Waals surface area contributed by atoms with Crippen LogP contribution >= 0.6 is 28.1 Å². The number of hydrogen-bond acceptors (Lipinski definition) is 2. The van der Waals surface area contributed by atoms with Gasteiger partial charge in [0, 0.05) is 28.3 Å². The summed E-state index contributed by atoms with van der Waals surface area (Å²) in [5, 5.41) is 0. The van der Waals surface area contributed by atoms with Crippen molar-refractivity contribution in [3.8, 4) is 0 Å². The molecule has 0 aromatic heterocycles. The van der Waals surface area contributed by atoms with E-state index in [1.165, 1.54) is 18.5 Å². The lowest BCUT2D eigenvalue weighted by atomic mass is 9.91. The van der Waals surface area contributed by atoms with Crippen molar-refractivity contribution in [1.29, 1.82) is 0 Å². The fraction of sp³-hybridized carbons (Fsp3) is 0.500. The first kappa shape index (κ1) is 13.8. The molecule has 2 N–H and O–H groups in total. The zero-order valence-electron chi connectivity index (χ0n) is 10.8. The van der Waals surface area contributed by atoms with Gasteiger partial charge in [0.2, 0.25) is 0 Å². The maximum absolute atomic E-state index is 5.68. The predicted octanol–water partition coefficient (Wildman–Crippen LogP) is 3.71. The standard InChI is InChI=1S/C14H19BrN2S/c1-9-4-3-7-17(10(9)2)11-5-6-12(14(16)18)13(15)8-11/h5-6,8-10H,3-4,7H2,1-2H3,(H2,16,18). The Bertz CT molecular complexity index is 461.